The predicted molar refractivity (Wildman–Crippen MR) is 90.1 cm³/mol. The van der Waals surface area contributed by atoms with Crippen LogP contribution in [0.15, 0.2) is 24.5 Å². The van der Waals surface area contributed by atoms with E-state index in [0.717, 1.165) is 34.7 Å². The highest BCUT2D eigenvalue weighted by molar-refractivity contribution is 6.11. The number of nitrogens with zero attached hydrogens (tertiary/aromatic N) is 3. The van der Waals surface area contributed by atoms with Gasteiger partial charge >= 0.3 is 5.97 Å². The monoisotopic (exact) mass is 312 g/mol. The van der Waals surface area contributed by atoms with Gasteiger partial charge in [-0.25, -0.2) is 9.97 Å². The van der Waals surface area contributed by atoms with Crippen LogP contribution < -0.4 is 5.73 Å². The van der Waals surface area contributed by atoms with Crippen LogP contribution >= 0.6 is 0 Å². The third kappa shape index (κ3) is 2.84. The van der Waals surface area contributed by atoms with E-state index in [9.17, 15) is 4.79 Å². The number of carbonyl (C=O) groups excluding carboxylic acids is 1. The number of aryl methyl sites for hydroxylation is 1. The van der Waals surface area contributed by atoms with Crippen molar-refractivity contribution in [3.8, 4) is 0 Å². The van der Waals surface area contributed by atoms with Crippen molar-refractivity contribution in [2.75, 3.05) is 12.3 Å². The van der Waals surface area contributed by atoms with E-state index >= 15 is 0 Å². The van der Waals surface area contributed by atoms with Gasteiger partial charge in [0.2, 0.25) is 0 Å². The van der Waals surface area contributed by atoms with Crippen molar-refractivity contribution in [1.29, 1.82) is 0 Å². The molecule has 0 aliphatic rings. The van der Waals surface area contributed by atoms with E-state index in [-0.39, 0.29) is 12.5 Å². The number of nitrogens with two attached hydrogens (primary N) is 1. The number of hydrogen-bond donors (Lipinski definition) is 1. The van der Waals surface area contributed by atoms with E-state index in [1.807, 2.05) is 29.7 Å². The molecule has 0 aliphatic heterocycles. The van der Waals surface area contributed by atoms with Crippen LogP contribution in [0.1, 0.15) is 25.3 Å². The molecule has 6 heteroatoms. The topological polar surface area (TPSA) is 83.0 Å². The number of esters is 1. The molecule has 0 saturated carbocycles. The van der Waals surface area contributed by atoms with Crippen LogP contribution in [0.4, 0.5) is 5.82 Å². The van der Waals surface area contributed by atoms with Crippen molar-refractivity contribution in [3.05, 3.63) is 30.1 Å². The van der Waals surface area contributed by atoms with E-state index in [1.54, 1.807) is 0 Å². The van der Waals surface area contributed by atoms with Gasteiger partial charge in [0.1, 0.15) is 24.3 Å². The van der Waals surface area contributed by atoms with Crippen molar-refractivity contribution < 1.29 is 9.53 Å². The first-order valence-electron chi connectivity index (χ1n) is 7.76. The summed E-state index contributed by atoms with van der Waals surface area (Å²) in [5, 5.41) is 1.74. The summed E-state index contributed by atoms with van der Waals surface area (Å²) in [5.74, 6) is 0.152. The Labute approximate surface area is 134 Å². The Morgan fingerprint density at radius 2 is 2.17 bits per heavy atom. The highest BCUT2D eigenvalue weighted by atomic mass is 16.5. The number of anilines is 1. The third-order valence-corrected chi connectivity index (χ3v) is 3.87. The summed E-state index contributed by atoms with van der Waals surface area (Å²) in [6.45, 7) is 4.64. The molecule has 0 saturated heterocycles. The number of unbranched alkanes of at least 4 members (excludes halogenated alkanes) is 1. The van der Waals surface area contributed by atoms with Gasteiger partial charge in [-0.15, -0.1) is 0 Å². The first-order chi connectivity index (χ1) is 11.1. The lowest BCUT2D eigenvalue weighted by molar-refractivity contribution is -0.144. The van der Waals surface area contributed by atoms with Gasteiger partial charge in [0.05, 0.1) is 17.5 Å². The number of benzene rings is 1. The maximum atomic E-state index is 12.1. The number of aromatic nitrogens is 3. The lowest BCUT2D eigenvalue weighted by atomic mass is 10.1. The molecule has 0 atom stereocenters. The van der Waals surface area contributed by atoms with Gasteiger partial charge in [-0.05, 0) is 25.5 Å². The molecule has 0 radical (unpaired) electrons. The van der Waals surface area contributed by atoms with Crippen molar-refractivity contribution >= 4 is 33.7 Å². The highest BCUT2D eigenvalue weighted by Gasteiger charge is 2.17. The van der Waals surface area contributed by atoms with Gasteiger partial charge in [-0.2, -0.15) is 0 Å². The summed E-state index contributed by atoms with van der Waals surface area (Å²) >= 11 is 0. The predicted octanol–water partition coefficient (Wildman–Crippen LogP) is 2.82. The lowest BCUT2D eigenvalue weighted by Crippen LogP contribution is -2.14. The fraction of sp³-hybridized carbons (Fsp3) is 0.353. The second kappa shape index (κ2) is 6.24. The normalized spacial score (nSPS) is 11.2. The summed E-state index contributed by atoms with van der Waals surface area (Å²) < 4.78 is 7.12. The molecule has 0 bridgehead atoms. The molecular weight excluding hydrogens is 292 g/mol. The zero-order valence-electron chi connectivity index (χ0n) is 13.4. The van der Waals surface area contributed by atoms with Crippen LogP contribution in [-0.2, 0) is 16.1 Å². The fourth-order valence-corrected chi connectivity index (χ4v) is 2.72. The smallest absolute Gasteiger partial charge is 0.326 e. The van der Waals surface area contributed by atoms with E-state index in [1.165, 1.54) is 6.33 Å². The molecular formula is C17H20N4O2. The van der Waals surface area contributed by atoms with Gasteiger partial charge in [-0.1, -0.05) is 25.0 Å². The molecule has 0 unspecified atom stereocenters. The molecule has 120 valence electrons. The number of ether oxygens (including phenoxy) is 1. The Morgan fingerprint density at radius 3 is 2.96 bits per heavy atom. The largest absolute Gasteiger partial charge is 0.464 e. The Hall–Kier alpha value is -2.63. The van der Waals surface area contributed by atoms with Gasteiger partial charge in [0.25, 0.3) is 0 Å². The van der Waals surface area contributed by atoms with E-state index in [2.05, 4.69) is 16.9 Å². The number of carbonyl (C=O) groups is 1. The summed E-state index contributed by atoms with van der Waals surface area (Å²) in [6.07, 6.45) is 3.28. The molecule has 3 aromatic rings. The average molecular weight is 312 g/mol. The van der Waals surface area contributed by atoms with E-state index in [0.29, 0.717) is 18.1 Å². The van der Waals surface area contributed by atoms with E-state index < -0.39 is 0 Å². The Bertz CT molecular complexity index is 870. The molecule has 2 heterocycles. The average Bonchev–Trinajstić information content (AvgIpc) is 2.82. The SMILES string of the molecule is CCCCOC(=O)Cn1c2ccc(C)cc2c2c(N)ncnc21. The molecule has 0 amide bonds. The quantitative estimate of drug-likeness (QED) is 0.578. The number of nitrogen functional groups attached to an aromatic ring is 1. The second-order valence-electron chi connectivity index (χ2n) is 5.64. The Kier molecular flexibility index (Phi) is 4.14. The molecule has 0 spiro atoms. The minimum atomic E-state index is -0.269. The first-order valence-corrected chi connectivity index (χ1v) is 7.76. The lowest BCUT2D eigenvalue weighted by Gasteiger charge is -2.07. The first kappa shape index (κ1) is 15.3. The minimum Gasteiger partial charge on any atom is -0.464 e. The zero-order valence-corrected chi connectivity index (χ0v) is 13.4. The van der Waals surface area contributed by atoms with Crippen molar-refractivity contribution in [1.82, 2.24) is 14.5 Å². The van der Waals surface area contributed by atoms with Crippen molar-refractivity contribution in [2.24, 2.45) is 0 Å². The van der Waals surface area contributed by atoms with Gasteiger partial charge in [0.15, 0.2) is 0 Å². The summed E-state index contributed by atoms with van der Waals surface area (Å²) in [4.78, 5) is 20.5. The number of hydrogen-bond acceptors (Lipinski definition) is 5. The summed E-state index contributed by atoms with van der Waals surface area (Å²) in [7, 11) is 0. The fourth-order valence-electron chi connectivity index (χ4n) is 2.72. The van der Waals surface area contributed by atoms with Crippen LogP contribution in [0, 0.1) is 6.92 Å². The molecule has 2 aromatic heterocycles. The molecule has 0 aliphatic carbocycles. The Morgan fingerprint density at radius 1 is 1.35 bits per heavy atom. The van der Waals surface area contributed by atoms with Crippen molar-refractivity contribution in [2.45, 2.75) is 33.2 Å². The number of rotatable bonds is 5. The third-order valence-electron chi connectivity index (χ3n) is 3.87. The Balaban J connectivity index is 2.07. The summed E-state index contributed by atoms with van der Waals surface area (Å²) in [5.41, 5.74) is 8.72. The van der Waals surface area contributed by atoms with Gasteiger partial charge in [-0.3, -0.25) is 4.79 Å². The molecule has 6 nitrogen and oxygen atoms in total. The molecule has 2 N–H and O–H groups in total. The minimum absolute atomic E-state index is 0.114. The molecule has 3 rings (SSSR count). The van der Waals surface area contributed by atoms with Crippen LogP contribution in [0.25, 0.3) is 21.9 Å². The van der Waals surface area contributed by atoms with Crippen LogP contribution in [0.3, 0.4) is 0 Å². The van der Waals surface area contributed by atoms with Gasteiger partial charge in [0, 0.05) is 5.39 Å². The maximum absolute atomic E-state index is 12.1. The molecule has 0 fully saturated rings. The molecule has 23 heavy (non-hydrogen) atoms. The van der Waals surface area contributed by atoms with Crippen LogP contribution in [0.2, 0.25) is 0 Å². The standard InChI is InChI=1S/C17H20N4O2/c1-3-4-7-23-14(22)9-21-13-6-5-11(2)8-12(13)15-16(18)19-10-20-17(15)21/h5-6,8,10H,3-4,7,9H2,1-2H3,(H2,18,19,20). The highest BCUT2D eigenvalue weighted by Crippen LogP contribution is 2.31. The van der Waals surface area contributed by atoms with Crippen LogP contribution in [-0.4, -0.2) is 27.1 Å². The van der Waals surface area contributed by atoms with E-state index in [4.69, 9.17) is 10.5 Å². The van der Waals surface area contributed by atoms with Crippen LogP contribution in [0.5, 0.6) is 0 Å². The number of fused-ring (bicyclic) bond motifs is 3. The zero-order chi connectivity index (χ0) is 16.4. The summed E-state index contributed by atoms with van der Waals surface area (Å²) in [6, 6.07) is 6.02. The molecule has 1 aromatic carbocycles. The van der Waals surface area contributed by atoms with Gasteiger partial charge < -0.3 is 15.0 Å². The maximum Gasteiger partial charge on any atom is 0.326 e. The van der Waals surface area contributed by atoms with Crippen molar-refractivity contribution in [3.63, 3.8) is 0 Å². The second-order valence-corrected chi connectivity index (χ2v) is 5.64.